The molecular weight excluding hydrogens is 282 g/mol. The molecule has 0 atom stereocenters. The van der Waals surface area contributed by atoms with E-state index in [2.05, 4.69) is 70.8 Å². The van der Waals surface area contributed by atoms with Crippen molar-refractivity contribution in [2.24, 2.45) is 0 Å². The number of pyridine rings is 1. The molecule has 0 unspecified atom stereocenters. The highest BCUT2D eigenvalue weighted by Gasteiger charge is 2.26. The molecular formula is C21H27NO. The quantitative estimate of drug-likeness (QED) is 0.788. The Morgan fingerprint density at radius 2 is 1.39 bits per heavy atom. The fourth-order valence-electron chi connectivity index (χ4n) is 2.56. The van der Waals surface area contributed by atoms with Gasteiger partial charge in [-0.05, 0) is 40.2 Å². The molecule has 1 aromatic carbocycles. The van der Waals surface area contributed by atoms with Gasteiger partial charge in [0.25, 0.3) is 0 Å². The SMILES string of the molecule is CC(C)(C)c1cc(C=Cc2cccnc2)cc(C(C)(C)C)c1O. The predicted molar refractivity (Wildman–Crippen MR) is 98.7 cm³/mol. The van der Waals surface area contributed by atoms with Crippen LogP contribution in [0.1, 0.15) is 63.8 Å². The van der Waals surface area contributed by atoms with Crippen LogP contribution in [0.25, 0.3) is 12.2 Å². The first-order chi connectivity index (χ1) is 10.6. The van der Waals surface area contributed by atoms with Crippen molar-refractivity contribution < 1.29 is 5.11 Å². The van der Waals surface area contributed by atoms with Gasteiger partial charge in [-0.15, -0.1) is 0 Å². The summed E-state index contributed by atoms with van der Waals surface area (Å²) < 4.78 is 0. The van der Waals surface area contributed by atoms with Crippen LogP contribution >= 0.6 is 0 Å². The van der Waals surface area contributed by atoms with Crippen molar-refractivity contribution in [3.05, 3.63) is 58.9 Å². The standard InChI is InChI=1S/C21H27NO/c1-20(2,3)17-12-16(10-9-15-8-7-11-22-14-15)13-18(19(17)23)21(4,5)6/h7-14,23H,1-6H3. The molecule has 2 heteroatoms. The molecule has 0 aliphatic heterocycles. The highest BCUT2D eigenvalue weighted by Crippen LogP contribution is 2.40. The molecule has 0 saturated carbocycles. The van der Waals surface area contributed by atoms with E-state index in [0.29, 0.717) is 5.75 Å². The normalized spacial score (nSPS) is 12.8. The molecule has 122 valence electrons. The van der Waals surface area contributed by atoms with Gasteiger partial charge in [0.2, 0.25) is 0 Å². The zero-order valence-corrected chi connectivity index (χ0v) is 15.0. The Bertz CT molecular complexity index is 666. The third-order valence-corrected chi connectivity index (χ3v) is 3.90. The molecule has 0 spiro atoms. The van der Waals surface area contributed by atoms with Gasteiger partial charge in [-0.2, -0.15) is 0 Å². The van der Waals surface area contributed by atoms with Crippen LogP contribution in [-0.4, -0.2) is 10.1 Å². The van der Waals surface area contributed by atoms with Gasteiger partial charge in [0.1, 0.15) is 5.75 Å². The second kappa shape index (κ2) is 6.19. The lowest BCUT2D eigenvalue weighted by Gasteiger charge is -2.27. The lowest BCUT2D eigenvalue weighted by atomic mass is 9.78. The van der Waals surface area contributed by atoms with Crippen molar-refractivity contribution in [3.8, 4) is 5.75 Å². The summed E-state index contributed by atoms with van der Waals surface area (Å²) in [7, 11) is 0. The second-order valence-corrected chi connectivity index (χ2v) is 8.08. The van der Waals surface area contributed by atoms with Gasteiger partial charge in [0.05, 0.1) is 0 Å². The Balaban J connectivity index is 2.54. The van der Waals surface area contributed by atoms with E-state index in [4.69, 9.17) is 0 Å². The summed E-state index contributed by atoms with van der Waals surface area (Å²) in [5.74, 6) is 0.420. The molecule has 23 heavy (non-hydrogen) atoms. The summed E-state index contributed by atoms with van der Waals surface area (Å²) in [6.07, 6.45) is 7.75. The van der Waals surface area contributed by atoms with Gasteiger partial charge in [-0.1, -0.05) is 59.8 Å². The molecule has 0 bridgehead atoms. The van der Waals surface area contributed by atoms with E-state index in [1.54, 1.807) is 6.20 Å². The number of hydrogen-bond acceptors (Lipinski definition) is 2. The summed E-state index contributed by atoms with van der Waals surface area (Å²) in [4.78, 5) is 4.13. The van der Waals surface area contributed by atoms with Crippen LogP contribution in [0.2, 0.25) is 0 Å². The van der Waals surface area contributed by atoms with Crippen LogP contribution < -0.4 is 0 Å². The van der Waals surface area contributed by atoms with Crippen LogP contribution in [0.3, 0.4) is 0 Å². The van der Waals surface area contributed by atoms with Crippen molar-refractivity contribution in [2.45, 2.75) is 52.4 Å². The maximum atomic E-state index is 10.7. The first-order valence-corrected chi connectivity index (χ1v) is 8.05. The largest absolute Gasteiger partial charge is 0.507 e. The number of phenols is 1. The molecule has 0 amide bonds. The molecule has 2 rings (SSSR count). The van der Waals surface area contributed by atoms with Crippen LogP contribution in [-0.2, 0) is 10.8 Å². The van der Waals surface area contributed by atoms with E-state index in [1.165, 1.54) is 0 Å². The van der Waals surface area contributed by atoms with E-state index in [1.807, 2.05) is 18.3 Å². The molecule has 1 N–H and O–H groups in total. The number of aromatic nitrogens is 1. The topological polar surface area (TPSA) is 33.1 Å². The Morgan fingerprint density at radius 3 is 1.83 bits per heavy atom. The third-order valence-electron chi connectivity index (χ3n) is 3.90. The summed E-state index contributed by atoms with van der Waals surface area (Å²) in [6, 6.07) is 8.12. The summed E-state index contributed by atoms with van der Waals surface area (Å²) in [6.45, 7) is 12.8. The monoisotopic (exact) mass is 309 g/mol. The first kappa shape index (κ1) is 17.3. The van der Waals surface area contributed by atoms with Gasteiger partial charge >= 0.3 is 0 Å². The van der Waals surface area contributed by atoms with Crippen molar-refractivity contribution in [2.75, 3.05) is 0 Å². The Hall–Kier alpha value is -2.09. The minimum atomic E-state index is -0.109. The van der Waals surface area contributed by atoms with Crippen molar-refractivity contribution in [3.63, 3.8) is 0 Å². The summed E-state index contributed by atoms with van der Waals surface area (Å²) >= 11 is 0. The van der Waals surface area contributed by atoms with E-state index < -0.39 is 0 Å². The molecule has 2 nitrogen and oxygen atoms in total. The van der Waals surface area contributed by atoms with E-state index in [-0.39, 0.29) is 10.8 Å². The Labute approximate surface area is 139 Å². The average molecular weight is 309 g/mol. The van der Waals surface area contributed by atoms with Gasteiger partial charge < -0.3 is 5.11 Å². The number of nitrogens with zero attached hydrogens (tertiary/aromatic N) is 1. The Morgan fingerprint density at radius 1 is 0.870 bits per heavy atom. The fraction of sp³-hybridized carbons (Fsp3) is 0.381. The van der Waals surface area contributed by atoms with Crippen molar-refractivity contribution in [1.82, 2.24) is 4.98 Å². The maximum Gasteiger partial charge on any atom is 0.123 e. The van der Waals surface area contributed by atoms with Gasteiger partial charge in [-0.3, -0.25) is 4.98 Å². The molecule has 0 saturated heterocycles. The number of rotatable bonds is 2. The third kappa shape index (κ3) is 4.22. The van der Waals surface area contributed by atoms with Crippen LogP contribution in [0, 0.1) is 0 Å². The van der Waals surface area contributed by atoms with Gasteiger partial charge in [0, 0.05) is 23.5 Å². The molecule has 0 aliphatic carbocycles. The van der Waals surface area contributed by atoms with Crippen LogP contribution in [0.15, 0.2) is 36.7 Å². The molecule has 1 aromatic heterocycles. The number of aromatic hydroxyl groups is 1. The summed E-state index contributed by atoms with van der Waals surface area (Å²) in [5.41, 5.74) is 3.91. The van der Waals surface area contributed by atoms with E-state index in [0.717, 1.165) is 22.3 Å². The van der Waals surface area contributed by atoms with Gasteiger partial charge in [-0.25, -0.2) is 0 Å². The van der Waals surface area contributed by atoms with Crippen LogP contribution in [0.4, 0.5) is 0 Å². The highest BCUT2D eigenvalue weighted by molar-refractivity contribution is 5.71. The molecule has 0 aliphatic rings. The van der Waals surface area contributed by atoms with Crippen molar-refractivity contribution in [1.29, 1.82) is 0 Å². The minimum Gasteiger partial charge on any atom is -0.507 e. The minimum absolute atomic E-state index is 0.109. The second-order valence-electron chi connectivity index (χ2n) is 8.08. The molecule has 0 fully saturated rings. The molecule has 2 aromatic rings. The highest BCUT2D eigenvalue weighted by atomic mass is 16.3. The zero-order chi connectivity index (χ0) is 17.3. The van der Waals surface area contributed by atoms with Crippen LogP contribution in [0.5, 0.6) is 5.75 Å². The van der Waals surface area contributed by atoms with Gasteiger partial charge in [0.15, 0.2) is 0 Å². The molecule has 1 heterocycles. The molecule has 0 radical (unpaired) electrons. The number of phenolic OH excluding ortho intramolecular Hbond substituents is 1. The van der Waals surface area contributed by atoms with E-state index in [9.17, 15) is 5.11 Å². The van der Waals surface area contributed by atoms with E-state index >= 15 is 0 Å². The smallest absolute Gasteiger partial charge is 0.123 e. The number of hydrogen-bond donors (Lipinski definition) is 1. The average Bonchev–Trinajstić information content (AvgIpc) is 2.44. The lowest BCUT2D eigenvalue weighted by Crippen LogP contribution is -2.17. The fourth-order valence-corrected chi connectivity index (χ4v) is 2.56. The zero-order valence-electron chi connectivity index (χ0n) is 15.0. The first-order valence-electron chi connectivity index (χ1n) is 8.05. The predicted octanol–water partition coefficient (Wildman–Crippen LogP) is 5.55. The number of benzene rings is 1. The van der Waals surface area contributed by atoms with Crippen molar-refractivity contribution >= 4 is 12.2 Å². The maximum absolute atomic E-state index is 10.7. The summed E-state index contributed by atoms with van der Waals surface area (Å²) in [5, 5.41) is 10.7. The lowest BCUT2D eigenvalue weighted by molar-refractivity contribution is 0.423. The Kier molecular flexibility index (Phi) is 4.65.